The molecule has 1 fully saturated rings. The van der Waals surface area contributed by atoms with E-state index >= 15 is 0 Å². The van der Waals surface area contributed by atoms with Crippen LogP contribution in [0.15, 0.2) is 41.8 Å². The zero-order valence-electron chi connectivity index (χ0n) is 17.2. The summed E-state index contributed by atoms with van der Waals surface area (Å²) in [4.78, 5) is 28.6. The highest BCUT2D eigenvalue weighted by Crippen LogP contribution is 2.28. The Kier molecular flexibility index (Phi) is 6.16. The molecule has 3 heterocycles. The molecule has 1 aromatic carbocycles. The van der Waals surface area contributed by atoms with Gasteiger partial charge >= 0.3 is 0 Å². The average Bonchev–Trinajstić information content (AvgIpc) is 3.31. The molecular formula is C23H26ClN3O2S. The topological polar surface area (TPSA) is 54.3 Å². The van der Waals surface area contributed by atoms with Gasteiger partial charge in [0.05, 0.1) is 0 Å². The van der Waals surface area contributed by atoms with Gasteiger partial charge in [-0.05, 0) is 61.9 Å². The molecule has 0 saturated carbocycles. The van der Waals surface area contributed by atoms with Crippen LogP contribution >= 0.6 is 22.9 Å². The van der Waals surface area contributed by atoms with E-state index in [1.165, 1.54) is 0 Å². The molecule has 0 unspecified atom stereocenters. The fourth-order valence-electron chi connectivity index (χ4n) is 3.99. The van der Waals surface area contributed by atoms with Crippen LogP contribution < -0.4 is 5.32 Å². The van der Waals surface area contributed by atoms with Gasteiger partial charge in [-0.3, -0.25) is 9.59 Å². The van der Waals surface area contributed by atoms with Crippen LogP contribution in [0.25, 0.3) is 10.2 Å². The van der Waals surface area contributed by atoms with Crippen molar-refractivity contribution in [2.24, 2.45) is 5.92 Å². The Labute approximate surface area is 185 Å². The van der Waals surface area contributed by atoms with Gasteiger partial charge in [0.25, 0.3) is 5.91 Å². The fraction of sp³-hybridized carbons (Fsp3) is 0.391. The van der Waals surface area contributed by atoms with E-state index in [1.54, 1.807) is 11.3 Å². The number of thiophene rings is 1. The second-order valence-corrected chi connectivity index (χ2v) is 9.48. The van der Waals surface area contributed by atoms with Crippen molar-refractivity contribution >= 4 is 45.0 Å². The fourth-order valence-corrected chi connectivity index (χ4v) is 5.01. The first-order valence-corrected chi connectivity index (χ1v) is 11.6. The summed E-state index contributed by atoms with van der Waals surface area (Å²) in [5.74, 6) is 0.125. The number of amides is 2. The summed E-state index contributed by atoms with van der Waals surface area (Å²) in [6, 6.07) is 11.9. The zero-order valence-corrected chi connectivity index (χ0v) is 18.8. The molecule has 1 N–H and O–H groups in total. The van der Waals surface area contributed by atoms with Crippen molar-refractivity contribution in [3.63, 3.8) is 0 Å². The van der Waals surface area contributed by atoms with Crippen LogP contribution in [-0.2, 0) is 11.3 Å². The van der Waals surface area contributed by atoms with Gasteiger partial charge in [-0.25, -0.2) is 0 Å². The lowest BCUT2D eigenvalue weighted by atomic mass is 9.95. The molecule has 0 atom stereocenters. The lowest BCUT2D eigenvalue weighted by molar-refractivity contribution is -0.126. The van der Waals surface area contributed by atoms with Gasteiger partial charge in [-0.1, -0.05) is 23.7 Å². The minimum Gasteiger partial charge on any atom is -0.354 e. The predicted octanol–water partition coefficient (Wildman–Crippen LogP) is 4.78. The van der Waals surface area contributed by atoms with Crippen molar-refractivity contribution in [1.82, 2.24) is 14.8 Å². The molecule has 0 spiro atoms. The third kappa shape index (κ3) is 4.40. The van der Waals surface area contributed by atoms with E-state index in [9.17, 15) is 9.59 Å². The van der Waals surface area contributed by atoms with Crippen LogP contribution in [0, 0.1) is 5.92 Å². The third-order valence-corrected chi connectivity index (χ3v) is 6.76. The van der Waals surface area contributed by atoms with E-state index in [0.717, 1.165) is 15.8 Å². The number of hydrogen-bond acceptors (Lipinski definition) is 3. The average molecular weight is 444 g/mol. The summed E-state index contributed by atoms with van der Waals surface area (Å²) in [7, 11) is 0. The highest BCUT2D eigenvalue weighted by Gasteiger charge is 2.29. The van der Waals surface area contributed by atoms with Crippen LogP contribution in [0.3, 0.4) is 0 Å². The SMILES string of the molecule is CC(C)NC(=O)C1CCN(C(=O)c2cc3ccsc3n2Cc2ccc(Cl)cc2)CC1. The molecule has 1 aliphatic heterocycles. The number of piperidine rings is 1. The second kappa shape index (κ2) is 8.82. The number of benzene rings is 1. The molecule has 1 saturated heterocycles. The van der Waals surface area contributed by atoms with Gasteiger partial charge in [0.1, 0.15) is 10.5 Å². The molecule has 7 heteroatoms. The molecule has 2 aromatic heterocycles. The smallest absolute Gasteiger partial charge is 0.270 e. The van der Waals surface area contributed by atoms with E-state index in [0.29, 0.717) is 43.2 Å². The molecule has 30 heavy (non-hydrogen) atoms. The van der Waals surface area contributed by atoms with Crippen molar-refractivity contribution < 1.29 is 9.59 Å². The Morgan fingerprint density at radius 3 is 2.53 bits per heavy atom. The van der Waals surface area contributed by atoms with E-state index in [-0.39, 0.29) is 23.8 Å². The molecule has 2 amide bonds. The number of fused-ring (bicyclic) bond motifs is 1. The lowest BCUT2D eigenvalue weighted by Gasteiger charge is -2.32. The van der Waals surface area contributed by atoms with Gasteiger partial charge in [0, 0.05) is 42.0 Å². The van der Waals surface area contributed by atoms with E-state index in [1.807, 2.05) is 49.1 Å². The molecule has 1 aliphatic rings. The maximum Gasteiger partial charge on any atom is 0.270 e. The van der Waals surface area contributed by atoms with Gasteiger partial charge in [0.15, 0.2) is 0 Å². The maximum atomic E-state index is 13.4. The number of nitrogens with zero attached hydrogens (tertiary/aromatic N) is 2. The molecule has 0 aliphatic carbocycles. The standard InChI is InChI=1S/C23H26ClN3O2S/c1-15(2)25-21(28)17-7-10-26(11-8-17)22(29)20-13-18-9-12-30-23(18)27(20)14-16-3-5-19(24)6-4-16/h3-6,9,12-13,15,17H,7-8,10-11,14H2,1-2H3,(H,25,28). The van der Waals surface area contributed by atoms with Crippen LogP contribution in [-0.4, -0.2) is 40.4 Å². The van der Waals surface area contributed by atoms with Gasteiger partial charge < -0.3 is 14.8 Å². The van der Waals surface area contributed by atoms with Crippen LogP contribution in [0.1, 0.15) is 42.7 Å². The lowest BCUT2D eigenvalue weighted by Crippen LogP contribution is -2.44. The van der Waals surface area contributed by atoms with Gasteiger partial charge in [-0.2, -0.15) is 0 Å². The largest absolute Gasteiger partial charge is 0.354 e. The van der Waals surface area contributed by atoms with Crippen LogP contribution in [0.2, 0.25) is 5.02 Å². The summed E-state index contributed by atoms with van der Waals surface area (Å²) in [5, 5.41) is 6.83. The number of carbonyl (C=O) groups excluding carboxylic acids is 2. The summed E-state index contributed by atoms with van der Waals surface area (Å²) in [6.45, 7) is 5.77. The summed E-state index contributed by atoms with van der Waals surface area (Å²) < 4.78 is 2.10. The number of rotatable bonds is 5. The number of aromatic nitrogens is 1. The van der Waals surface area contributed by atoms with Crippen molar-refractivity contribution in [1.29, 1.82) is 0 Å². The van der Waals surface area contributed by atoms with E-state index < -0.39 is 0 Å². The Hall–Kier alpha value is -2.31. The number of halogens is 1. The molecule has 4 rings (SSSR count). The maximum absolute atomic E-state index is 13.4. The number of carbonyl (C=O) groups is 2. The Bertz CT molecular complexity index is 1050. The summed E-state index contributed by atoms with van der Waals surface area (Å²) in [5.41, 5.74) is 1.81. The molecule has 0 bridgehead atoms. The van der Waals surface area contributed by atoms with E-state index in [4.69, 9.17) is 11.6 Å². The predicted molar refractivity (Wildman–Crippen MR) is 122 cm³/mol. The minimum absolute atomic E-state index is 0.0132. The first-order valence-electron chi connectivity index (χ1n) is 10.3. The van der Waals surface area contributed by atoms with Crippen LogP contribution in [0.5, 0.6) is 0 Å². The Morgan fingerprint density at radius 1 is 1.17 bits per heavy atom. The van der Waals surface area contributed by atoms with Crippen LogP contribution in [0.4, 0.5) is 0 Å². The first kappa shape index (κ1) is 20.9. The quantitative estimate of drug-likeness (QED) is 0.616. The Balaban J connectivity index is 1.52. The number of hydrogen-bond donors (Lipinski definition) is 1. The first-order chi connectivity index (χ1) is 14.4. The van der Waals surface area contributed by atoms with E-state index in [2.05, 4.69) is 21.3 Å². The molecule has 3 aromatic rings. The summed E-state index contributed by atoms with van der Waals surface area (Å²) in [6.07, 6.45) is 1.41. The highest BCUT2D eigenvalue weighted by molar-refractivity contribution is 7.16. The van der Waals surface area contributed by atoms with Crippen molar-refractivity contribution in [2.75, 3.05) is 13.1 Å². The Morgan fingerprint density at radius 2 is 1.87 bits per heavy atom. The van der Waals surface area contributed by atoms with Crippen molar-refractivity contribution in [3.05, 3.63) is 58.1 Å². The second-order valence-electron chi connectivity index (χ2n) is 8.15. The molecule has 158 valence electrons. The van der Waals surface area contributed by atoms with Crippen molar-refractivity contribution in [3.8, 4) is 0 Å². The highest BCUT2D eigenvalue weighted by atomic mass is 35.5. The van der Waals surface area contributed by atoms with Gasteiger partial charge in [-0.15, -0.1) is 11.3 Å². The molecule has 0 radical (unpaired) electrons. The summed E-state index contributed by atoms with van der Waals surface area (Å²) >= 11 is 7.67. The van der Waals surface area contributed by atoms with Crippen molar-refractivity contribution in [2.45, 2.75) is 39.3 Å². The third-order valence-electron chi connectivity index (χ3n) is 5.56. The molecular weight excluding hydrogens is 418 g/mol. The minimum atomic E-state index is -0.0132. The normalized spacial score (nSPS) is 15.1. The zero-order chi connectivity index (χ0) is 21.3. The molecule has 5 nitrogen and oxygen atoms in total. The number of nitrogens with one attached hydrogen (secondary N) is 1. The number of likely N-dealkylation sites (tertiary alicyclic amines) is 1. The van der Waals surface area contributed by atoms with Gasteiger partial charge in [0.2, 0.25) is 5.91 Å². The monoisotopic (exact) mass is 443 g/mol.